The second kappa shape index (κ2) is 8.13. The van der Waals surface area contributed by atoms with E-state index in [9.17, 15) is 5.11 Å². The molecule has 0 aliphatic carbocycles. The third-order valence-corrected chi connectivity index (χ3v) is 4.66. The minimum absolute atomic E-state index is 0.0174. The highest BCUT2D eigenvalue weighted by molar-refractivity contribution is 4.96. The van der Waals surface area contributed by atoms with E-state index in [2.05, 4.69) is 18.7 Å². The lowest BCUT2D eigenvalue weighted by Crippen LogP contribution is -2.55. The van der Waals surface area contributed by atoms with E-state index in [0.29, 0.717) is 0 Å². The third-order valence-electron chi connectivity index (χ3n) is 4.66. The fraction of sp³-hybridized carbons (Fsp3) is 1.00. The van der Waals surface area contributed by atoms with E-state index < -0.39 is 0 Å². The molecule has 1 aliphatic rings. The first kappa shape index (κ1) is 15.9. The van der Waals surface area contributed by atoms with E-state index in [-0.39, 0.29) is 11.6 Å². The Morgan fingerprint density at radius 3 is 2.28 bits per heavy atom. The number of nitrogens with zero attached hydrogens (tertiary/aromatic N) is 1. The summed E-state index contributed by atoms with van der Waals surface area (Å²) in [6, 6.07) is 0. The van der Waals surface area contributed by atoms with Crippen LogP contribution in [-0.2, 0) is 4.74 Å². The normalized spacial score (nSPS) is 19.3. The van der Waals surface area contributed by atoms with Gasteiger partial charge in [0.2, 0.25) is 0 Å². The molecule has 108 valence electrons. The van der Waals surface area contributed by atoms with E-state index in [0.717, 1.165) is 51.8 Å². The lowest BCUT2D eigenvalue weighted by molar-refractivity contribution is -0.0331. The molecule has 0 saturated carbocycles. The van der Waals surface area contributed by atoms with Crippen molar-refractivity contribution in [3.05, 3.63) is 0 Å². The summed E-state index contributed by atoms with van der Waals surface area (Å²) in [6.45, 7) is 7.58. The molecule has 3 nitrogen and oxygen atoms in total. The summed E-state index contributed by atoms with van der Waals surface area (Å²) in [5.74, 6) is 0. The zero-order valence-electron chi connectivity index (χ0n) is 12.5. The van der Waals surface area contributed by atoms with Crippen LogP contribution in [0.15, 0.2) is 0 Å². The van der Waals surface area contributed by atoms with Crippen molar-refractivity contribution < 1.29 is 9.84 Å². The van der Waals surface area contributed by atoms with Gasteiger partial charge in [0.05, 0.1) is 6.10 Å². The Bertz CT molecular complexity index is 211. The molecule has 1 fully saturated rings. The molecule has 0 aromatic rings. The van der Waals surface area contributed by atoms with Gasteiger partial charge in [-0.25, -0.2) is 0 Å². The molecular formula is C15H31NO2. The maximum Gasteiger partial charge on any atom is 0.0723 e. The molecular weight excluding hydrogens is 226 g/mol. The molecule has 0 amide bonds. The summed E-state index contributed by atoms with van der Waals surface area (Å²) in [5.41, 5.74) is 0.0174. The summed E-state index contributed by atoms with van der Waals surface area (Å²) in [4.78, 5) is 2.54. The van der Waals surface area contributed by atoms with E-state index in [1.54, 1.807) is 7.11 Å². The Kier molecular flexibility index (Phi) is 7.20. The summed E-state index contributed by atoms with van der Waals surface area (Å²) in [7, 11) is 1.74. The van der Waals surface area contributed by atoms with Gasteiger partial charge < -0.3 is 9.84 Å². The number of ether oxygens (including phenoxy) is 1. The topological polar surface area (TPSA) is 32.7 Å². The molecule has 0 aromatic heterocycles. The van der Waals surface area contributed by atoms with Crippen molar-refractivity contribution in [1.29, 1.82) is 0 Å². The van der Waals surface area contributed by atoms with Crippen LogP contribution < -0.4 is 0 Å². The average molecular weight is 257 g/mol. The molecule has 1 heterocycles. The van der Waals surface area contributed by atoms with Gasteiger partial charge in [0.15, 0.2) is 0 Å². The maximum absolute atomic E-state index is 10.6. The van der Waals surface area contributed by atoms with E-state index in [4.69, 9.17) is 4.74 Å². The molecule has 1 N–H and O–H groups in total. The standard InChI is InChI=1S/C15H31NO2/c1-4-15(5-2,16-11-7-8-12-16)14(17)10-6-9-13-18-3/h14,17H,4-13H2,1-3H3. The van der Waals surface area contributed by atoms with Crippen LogP contribution in [0, 0.1) is 0 Å². The second-order valence-electron chi connectivity index (χ2n) is 5.51. The van der Waals surface area contributed by atoms with Gasteiger partial charge in [-0.1, -0.05) is 13.8 Å². The first-order valence-electron chi connectivity index (χ1n) is 7.63. The van der Waals surface area contributed by atoms with Gasteiger partial charge in [0, 0.05) is 19.3 Å². The number of aliphatic hydroxyl groups excluding tert-OH is 1. The molecule has 1 atom stereocenters. The molecule has 0 radical (unpaired) electrons. The minimum Gasteiger partial charge on any atom is -0.391 e. The van der Waals surface area contributed by atoms with Crippen LogP contribution in [0.25, 0.3) is 0 Å². The Morgan fingerprint density at radius 1 is 1.17 bits per heavy atom. The summed E-state index contributed by atoms with van der Waals surface area (Å²) >= 11 is 0. The van der Waals surface area contributed by atoms with E-state index in [1.165, 1.54) is 12.8 Å². The minimum atomic E-state index is -0.192. The quantitative estimate of drug-likeness (QED) is 0.645. The highest BCUT2D eigenvalue weighted by atomic mass is 16.5. The van der Waals surface area contributed by atoms with Crippen LogP contribution in [0.3, 0.4) is 0 Å². The van der Waals surface area contributed by atoms with Crippen LogP contribution in [0.1, 0.15) is 58.8 Å². The lowest BCUT2D eigenvalue weighted by Gasteiger charge is -2.44. The zero-order chi connectivity index (χ0) is 13.4. The van der Waals surface area contributed by atoms with Gasteiger partial charge in [-0.2, -0.15) is 0 Å². The first-order valence-corrected chi connectivity index (χ1v) is 7.63. The maximum atomic E-state index is 10.6. The van der Waals surface area contributed by atoms with Crippen molar-refractivity contribution in [2.45, 2.75) is 70.4 Å². The number of hydrogen-bond donors (Lipinski definition) is 1. The van der Waals surface area contributed by atoms with Crippen molar-refractivity contribution >= 4 is 0 Å². The Balaban J connectivity index is 2.53. The van der Waals surface area contributed by atoms with Crippen LogP contribution >= 0.6 is 0 Å². The van der Waals surface area contributed by atoms with Gasteiger partial charge in [-0.15, -0.1) is 0 Å². The smallest absolute Gasteiger partial charge is 0.0723 e. The highest BCUT2D eigenvalue weighted by Gasteiger charge is 2.40. The van der Waals surface area contributed by atoms with Gasteiger partial charge in [-0.05, 0) is 58.0 Å². The number of aliphatic hydroxyl groups is 1. The fourth-order valence-electron chi connectivity index (χ4n) is 3.39. The first-order chi connectivity index (χ1) is 8.71. The number of methoxy groups -OCH3 is 1. The molecule has 18 heavy (non-hydrogen) atoms. The summed E-state index contributed by atoms with van der Waals surface area (Å²) in [5, 5.41) is 10.6. The monoisotopic (exact) mass is 257 g/mol. The van der Waals surface area contributed by atoms with Crippen molar-refractivity contribution in [3.8, 4) is 0 Å². The molecule has 0 aromatic carbocycles. The zero-order valence-corrected chi connectivity index (χ0v) is 12.5. The summed E-state index contributed by atoms with van der Waals surface area (Å²) < 4.78 is 5.07. The highest BCUT2D eigenvalue weighted by Crippen LogP contribution is 2.33. The van der Waals surface area contributed by atoms with Crippen LogP contribution in [0.4, 0.5) is 0 Å². The van der Waals surface area contributed by atoms with E-state index >= 15 is 0 Å². The second-order valence-corrected chi connectivity index (χ2v) is 5.51. The van der Waals surface area contributed by atoms with Crippen LogP contribution in [0.5, 0.6) is 0 Å². The summed E-state index contributed by atoms with van der Waals surface area (Å²) in [6.07, 6.45) is 7.51. The number of rotatable bonds is 9. The van der Waals surface area contributed by atoms with Crippen molar-refractivity contribution in [2.75, 3.05) is 26.8 Å². The number of unbranched alkanes of at least 4 members (excludes halogenated alkanes) is 1. The van der Waals surface area contributed by atoms with Gasteiger partial charge in [-0.3, -0.25) is 4.90 Å². The van der Waals surface area contributed by atoms with Crippen molar-refractivity contribution in [2.24, 2.45) is 0 Å². The largest absolute Gasteiger partial charge is 0.391 e. The molecule has 0 bridgehead atoms. The van der Waals surface area contributed by atoms with Gasteiger partial charge >= 0.3 is 0 Å². The predicted molar refractivity (Wildman–Crippen MR) is 75.9 cm³/mol. The van der Waals surface area contributed by atoms with E-state index in [1.807, 2.05) is 0 Å². The van der Waals surface area contributed by atoms with Crippen molar-refractivity contribution in [3.63, 3.8) is 0 Å². The third kappa shape index (κ3) is 3.69. The Hall–Kier alpha value is -0.120. The van der Waals surface area contributed by atoms with Crippen molar-refractivity contribution in [1.82, 2.24) is 4.90 Å². The van der Waals surface area contributed by atoms with Crippen LogP contribution in [-0.4, -0.2) is 48.5 Å². The fourth-order valence-corrected chi connectivity index (χ4v) is 3.39. The molecule has 1 rings (SSSR count). The number of likely N-dealkylation sites (tertiary alicyclic amines) is 1. The van der Waals surface area contributed by atoms with Crippen LogP contribution in [0.2, 0.25) is 0 Å². The Morgan fingerprint density at radius 2 is 1.78 bits per heavy atom. The molecule has 0 spiro atoms. The number of hydrogen-bond acceptors (Lipinski definition) is 3. The van der Waals surface area contributed by atoms with Gasteiger partial charge in [0.1, 0.15) is 0 Å². The van der Waals surface area contributed by atoms with Gasteiger partial charge in [0.25, 0.3) is 0 Å². The molecule has 3 heteroatoms. The molecule has 1 saturated heterocycles. The molecule has 1 unspecified atom stereocenters. The lowest BCUT2D eigenvalue weighted by atomic mass is 9.82. The predicted octanol–water partition coefficient (Wildman–Crippen LogP) is 2.82. The Labute approximate surface area is 113 Å². The molecule has 1 aliphatic heterocycles. The SMILES string of the molecule is CCC(CC)(C(O)CCCCOC)N1CCCC1. The average Bonchev–Trinajstić information content (AvgIpc) is 2.91.